The Kier molecular flexibility index (Phi) is 1.89. The molecule has 1 aromatic heterocycles. The number of methoxy groups -OCH3 is 1. The SMILES string of the molecule is COC(=O)c1cc2c(N)cccc2o1. The van der Waals surface area contributed by atoms with Gasteiger partial charge in [0.15, 0.2) is 0 Å². The van der Waals surface area contributed by atoms with Gasteiger partial charge in [0.1, 0.15) is 5.58 Å². The molecule has 1 heterocycles. The van der Waals surface area contributed by atoms with Gasteiger partial charge in [-0.15, -0.1) is 0 Å². The van der Waals surface area contributed by atoms with Crippen molar-refractivity contribution in [3.63, 3.8) is 0 Å². The molecule has 0 radical (unpaired) electrons. The number of anilines is 1. The van der Waals surface area contributed by atoms with E-state index >= 15 is 0 Å². The molecular weight excluding hydrogens is 182 g/mol. The predicted molar refractivity (Wildman–Crippen MR) is 52.0 cm³/mol. The first kappa shape index (κ1) is 8.62. The lowest BCUT2D eigenvalue weighted by molar-refractivity contribution is 0.0567. The number of nitrogens with two attached hydrogens (primary N) is 1. The van der Waals surface area contributed by atoms with Crippen molar-refractivity contribution in [2.75, 3.05) is 12.8 Å². The van der Waals surface area contributed by atoms with Crippen molar-refractivity contribution in [3.05, 3.63) is 30.0 Å². The zero-order valence-electron chi connectivity index (χ0n) is 7.61. The number of nitrogen functional groups attached to an aromatic ring is 1. The summed E-state index contributed by atoms with van der Waals surface area (Å²) in [6.07, 6.45) is 0. The van der Waals surface area contributed by atoms with Crippen LogP contribution < -0.4 is 5.73 Å². The normalized spacial score (nSPS) is 10.4. The van der Waals surface area contributed by atoms with Gasteiger partial charge in [0.05, 0.1) is 7.11 Å². The number of carbonyl (C=O) groups excluding carboxylic acids is 1. The number of hydrogen-bond donors (Lipinski definition) is 1. The van der Waals surface area contributed by atoms with Gasteiger partial charge < -0.3 is 14.9 Å². The zero-order chi connectivity index (χ0) is 10.1. The van der Waals surface area contributed by atoms with E-state index in [1.807, 2.05) is 0 Å². The van der Waals surface area contributed by atoms with Crippen LogP contribution in [-0.4, -0.2) is 13.1 Å². The fourth-order valence-corrected chi connectivity index (χ4v) is 1.28. The lowest BCUT2D eigenvalue weighted by atomic mass is 10.2. The lowest BCUT2D eigenvalue weighted by Crippen LogP contribution is -1.97. The molecule has 0 saturated carbocycles. The molecule has 0 spiro atoms. The van der Waals surface area contributed by atoms with Crippen molar-refractivity contribution in [1.29, 1.82) is 0 Å². The fourth-order valence-electron chi connectivity index (χ4n) is 1.28. The van der Waals surface area contributed by atoms with Gasteiger partial charge in [-0.3, -0.25) is 0 Å². The molecule has 0 aliphatic carbocycles. The van der Waals surface area contributed by atoms with E-state index in [9.17, 15) is 4.79 Å². The molecule has 0 saturated heterocycles. The minimum Gasteiger partial charge on any atom is -0.463 e. The van der Waals surface area contributed by atoms with Crippen molar-refractivity contribution >= 4 is 22.6 Å². The first-order valence-corrected chi connectivity index (χ1v) is 4.08. The first-order valence-electron chi connectivity index (χ1n) is 4.08. The molecule has 1 aromatic carbocycles. The minimum absolute atomic E-state index is 0.167. The van der Waals surface area contributed by atoms with Crippen LogP contribution in [0.3, 0.4) is 0 Å². The van der Waals surface area contributed by atoms with Crippen LogP contribution in [0.25, 0.3) is 11.0 Å². The van der Waals surface area contributed by atoms with Crippen LogP contribution in [0.1, 0.15) is 10.6 Å². The zero-order valence-corrected chi connectivity index (χ0v) is 7.61. The van der Waals surface area contributed by atoms with Gasteiger partial charge in [-0.1, -0.05) is 6.07 Å². The van der Waals surface area contributed by atoms with Crippen molar-refractivity contribution in [1.82, 2.24) is 0 Å². The topological polar surface area (TPSA) is 65.5 Å². The molecule has 0 bridgehead atoms. The molecule has 2 rings (SSSR count). The number of benzene rings is 1. The van der Waals surface area contributed by atoms with Crippen LogP contribution >= 0.6 is 0 Å². The molecule has 0 amide bonds. The third-order valence-electron chi connectivity index (χ3n) is 1.98. The van der Waals surface area contributed by atoms with Gasteiger partial charge in [0.25, 0.3) is 0 Å². The summed E-state index contributed by atoms with van der Waals surface area (Å²) in [5.41, 5.74) is 6.87. The van der Waals surface area contributed by atoms with Gasteiger partial charge in [-0.05, 0) is 12.1 Å². The third kappa shape index (κ3) is 1.21. The molecule has 4 heteroatoms. The van der Waals surface area contributed by atoms with Crippen LogP contribution in [-0.2, 0) is 4.74 Å². The van der Waals surface area contributed by atoms with E-state index < -0.39 is 5.97 Å². The smallest absolute Gasteiger partial charge is 0.373 e. The summed E-state index contributed by atoms with van der Waals surface area (Å²) in [4.78, 5) is 11.1. The second kappa shape index (κ2) is 3.06. The van der Waals surface area contributed by atoms with Crippen molar-refractivity contribution in [3.8, 4) is 0 Å². The summed E-state index contributed by atoms with van der Waals surface area (Å²) < 4.78 is 9.78. The Morgan fingerprint density at radius 3 is 2.93 bits per heavy atom. The number of esters is 1. The summed E-state index contributed by atoms with van der Waals surface area (Å²) in [6, 6.07) is 6.84. The van der Waals surface area contributed by atoms with Gasteiger partial charge in [0, 0.05) is 17.1 Å². The first-order chi connectivity index (χ1) is 6.72. The van der Waals surface area contributed by atoms with Gasteiger partial charge in [0.2, 0.25) is 5.76 Å². The molecule has 0 unspecified atom stereocenters. The third-order valence-corrected chi connectivity index (χ3v) is 1.98. The molecule has 2 aromatic rings. The Morgan fingerprint density at radius 1 is 1.50 bits per heavy atom. The standard InChI is InChI=1S/C10H9NO3/c1-13-10(12)9-5-6-7(11)3-2-4-8(6)14-9/h2-5H,11H2,1H3. The van der Waals surface area contributed by atoms with E-state index in [2.05, 4.69) is 4.74 Å². The second-order valence-electron chi connectivity index (χ2n) is 2.86. The Balaban J connectivity index is 2.62. The average molecular weight is 191 g/mol. The Hall–Kier alpha value is -1.97. The number of ether oxygens (including phenoxy) is 1. The van der Waals surface area contributed by atoms with E-state index in [1.54, 1.807) is 24.3 Å². The van der Waals surface area contributed by atoms with Gasteiger partial charge >= 0.3 is 5.97 Å². The molecule has 0 aliphatic heterocycles. The maximum Gasteiger partial charge on any atom is 0.373 e. The van der Waals surface area contributed by atoms with E-state index in [0.717, 1.165) is 5.39 Å². The largest absolute Gasteiger partial charge is 0.463 e. The van der Waals surface area contributed by atoms with E-state index in [-0.39, 0.29) is 5.76 Å². The molecule has 14 heavy (non-hydrogen) atoms. The number of rotatable bonds is 1. The Labute approximate surface area is 80.3 Å². The van der Waals surface area contributed by atoms with Crippen LogP contribution in [0.15, 0.2) is 28.7 Å². The highest BCUT2D eigenvalue weighted by molar-refractivity contribution is 5.97. The Morgan fingerprint density at radius 2 is 2.29 bits per heavy atom. The molecule has 4 nitrogen and oxygen atoms in total. The highest BCUT2D eigenvalue weighted by Gasteiger charge is 2.12. The van der Waals surface area contributed by atoms with Crippen molar-refractivity contribution in [2.24, 2.45) is 0 Å². The summed E-state index contributed by atoms with van der Waals surface area (Å²) in [5, 5.41) is 0.730. The predicted octanol–water partition coefficient (Wildman–Crippen LogP) is 1.80. The molecule has 0 aliphatic rings. The van der Waals surface area contributed by atoms with E-state index in [1.165, 1.54) is 7.11 Å². The highest BCUT2D eigenvalue weighted by Crippen LogP contribution is 2.24. The molecule has 0 atom stereocenters. The van der Waals surface area contributed by atoms with Gasteiger partial charge in [-0.2, -0.15) is 0 Å². The van der Waals surface area contributed by atoms with Crippen LogP contribution in [0.2, 0.25) is 0 Å². The quantitative estimate of drug-likeness (QED) is 0.551. The number of fused-ring (bicyclic) bond motifs is 1. The fraction of sp³-hybridized carbons (Fsp3) is 0.100. The maximum absolute atomic E-state index is 11.1. The molecule has 2 N–H and O–H groups in total. The summed E-state index contributed by atoms with van der Waals surface area (Å²) in [7, 11) is 1.30. The van der Waals surface area contributed by atoms with E-state index in [0.29, 0.717) is 11.3 Å². The molecule has 72 valence electrons. The highest BCUT2D eigenvalue weighted by atomic mass is 16.5. The van der Waals surface area contributed by atoms with Crippen molar-refractivity contribution in [2.45, 2.75) is 0 Å². The monoisotopic (exact) mass is 191 g/mol. The Bertz CT molecular complexity index is 487. The van der Waals surface area contributed by atoms with Crippen LogP contribution in [0.4, 0.5) is 5.69 Å². The number of furan rings is 1. The summed E-state index contributed by atoms with van der Waals surface area (Å²) in [5.74, 6) is -0.332. The maximum atomic E-state index is 11.1. The number of hydrogen-bond acceptors (Lipinski definition) is 4. The number of carbonyl (C=O) groups is 1. The van der Waals surface area contributed by atoms with Crippen LogP contribution in [0.5, 0.6) is 0 Å². The second-order valence-corrected chi connectivity index (χ2v) is 2.86. The summed E-state index contributed by atoms with van der Waals surface area (Å²) in [6.45, 7) is 0. The average Bonchev–Trinajstić information content (AvgIpc) is 2.62. The van der Waals surface area contributed by atoms with E-state index in [4.69, 9.17) is 10.2 Å². The molecular formula is C10H9NO3. The van der Waals surface area contributed by atoms with Crippen LogP contribution in [0, 0.1) is 0 Å². The lowest BCUT2D eigenvalue weighted by Gasteiger charge is -1.91. The van der Waals surface area contributed by atoms with Gasteiger partial charge in [-0.25, -0.2) is 4.79 Å². The molecule has 0 fully saturated rings. The summed E-state index contributed by atoms with van der Waals surface area (Å²) >= 11 is 0. The van der Waals surface area contributed by atoms with Crippen molar-refractivity contribution < 1.29 is 13.9 Å². The minimum atomic E-state index is -0.499.